The highest BCUT2D eigenvalue weighted by Gasteiger charge is 2.26. The van der Waals surface area contributed by atoms with Crippen LogP contribution in [0, 0.1) is 0 Å². The van der Waals surface area contributed by atoms with E-state index in [1.54, 1.807) is 0 Å². The van der Waals surface area contributed by atoms with Crippen molar-refractivity contribution in [2.75, 3.05) is 19.7 Å². The van der Waals surface area contributed by atoms with Crippen molar-refractivity contribution in [1.29, 1.82) is 0 Å². The molecule has 0 aliphatic rings. The molecule has 0 saturated carbocycles. The van der Waals surface area contributed by atoms with Gasteiger partial charge in [0.1, 0.15) is 5.75 Å². The zero-order valence-corrected chi connectivity index (χ0v) is 12.8. The minimum Gasteiger partial charge on any atom is -0.494 e. The maximum Gasteiger partial charge on any atom is 0.390 e. The van der Waals surface area contributed by atoms with Gasteiger partial charge >= 0.3 is 6.18 Å². The molecular weight excluding hydrogens is 295 g/mol. The molecule has 0 bridgehead atoms. The molecule has 0 saturated heterocycles. The Bertz CT molecular complexity index is 475. The van der Waals surface area contributed by atoms with E-state index in [9.17, 15) is 13.2 Å². The Labute approximate surface area is 128 Å². The molecule has 0 heterocycles. The number of hydrogen-bond acceptors (Lipinski definition) is 2. The summed E-state index contributed by atoms with van der Waals surface area (Å²) in [6, 6.07) is 7.47. The number of halogens is 3. The van der Waals surface area contributed by atoms with Gasteiger partial charge < -0.3 is 15.4 Å². The molecule has 124 valence electrons. The third kappa shape index (κ3) is 7.75. The molecule has 0 radical (unpaired) electrons. The third-order valence-corrected chi connectivity index (χ3v) is 2.67. The number of guanidine groups is 1. The van der Waals surface area contributed by atoms with Gasteiger partial charge in [-0.2, -0.15) is 13.2 Å². The minimum absolute atomic E-state index is 0.200. The summed E-state index contributed by atoms with van der Waals surface area (Å²) in [7, 11) is 0. The zero-order valence-electron chi connectivity index (χ0n) is 12.8. The van der Waals surface area contributed by atoms with Crippen LogP contribution in [0.2, 0.25) is 0 Å². The lowest BCUT2D eigenvalue weighted by molar-refractivity contribution is -0.132. The quantitative estimate of drug-likeness (QED) is 0.600. The lowest BCUT2D eigenvalue weighted by atomic mass is 10.2. The monoisotopic (exact) mass is 317 g/mol. The lowest BCUT2D eigenvalue weighted by Crippen LogP contribution is -2.38. The lowest BCUT2D eigenvalue weighted by Gasteiger charge is -2.12. The molecule has 0 spiro atoms. The number of hydrogen-bond donors (Lipinski definition) is 2. The fourth-order valence-corrected chi connectivity index (χ4v) is 1.74. The number of nitrogens with zero attached hydrogens (tertiary/aromatic N) is 1. The molecule has 1 aromatic carbocycles. The van der Waals surface area contributed by atoms with Crippen molar-refractivity contribution in [1.82, 2.24) is 10.6 Å². The van der Waals surface area contributed by atoms with E-state index >= 15 is 0 Å². The first-order chi connectivity index (χ1) is 10.4. The maximum atomic E-state index is 12.1. The predicted octanol–water partition coefficient (Wildman–Crippen LogP) is 3.09. The highest BCUT2D eigenvalue weighted by molar-refractivity contribution is 5.79. The van der Waals surface area contributed by atoms with Crippen LogP contribution in [-0.2, 0) is 6.54 Å². The number of alkyl halides is 3. The van der Waals surface area contributed by atoms with Gasteiger partial charge in [-0.15, -0.1) is 0 Å². The van der Waals surface area contributed by atoms with Gasteiger partial charge in [0.2, 0.25) is 0 Å². The van der Waals surface area contributed by atoms with Crippen LogP contribution in [0.4, 0.5) is 13.2 Å². The predicted molar refractivity (Wildman–Crippen MR) is 81.1 cm³/mol. The van der Waals surface area contributed by atoms with E-state index in [-0.39, 0.29) is 6.54 Å². The first kappa shape index (κ1) is 18.1. The summed E-state index contributed by atoms with van der Waals surface area (Å²) < 4.78 is 41.8. The van der Waals surface area contributed by atoms with Crippen molar-refractivity contribution >= 4 is 5.96 Å². The highest BCUT2D eigenvalue weighted by Crippen LogP contribution is 2.18. The highest BCUT2D eigenvalue weighted by atomic mass is 19.4. The Kier molecular flexibility index (Phi) is 7.56. The van der Waals surface area contributed by atoms with Gasteiger partial charge in [-0.25, -0.2) is 4.99 Å². The number of benzene rings is 1. The normalized spacial score (nSPS) is 12.1. The number of aliphatic imine (C=N–C) groups is 1. The second-order valence-electron chi connectivity index (χ2n) is 4.57. The van der Waals surface area contributed by atoms with Crippen LogP contribution in [-0.4, -0.2) is 31.8 Å². The molecule has 7 heteroatoms. The molecule has 0 aliphatic heterocycles. The maximum absolute atomic E-state index is 12.1. The van der Waals surface area contributed by atoms with Crippen molar-refractivity contribution in [2.24, 2.45) is 4.99 Å². The van der Waals surface area contributed by atoms with E-state index in [2.05, 4.69) is 15.6 Å². The van der Waals surface area contributed by atoms with Crippen LogP contribution in [0.1, 0.15) is 25.8 Å². The van der Waals surface area contributed by atoms with Crippen LogP contribution in [0.5, 0.6) is 5.75 Å². The van der Waals surface area contributed by atoms with Gasteiger partial charge in [-0.05, 0) is 31.5 Å². The molecule has 0 fully saturated rings. The van der Waals surface area contributed by atoms with Gasteiger partial charge in [-0.1, -0.05) is 12.1 Å². The Balaban J connectivity index is 2.59. The minimum atomic E-state index is -4.17. The molecule has 1 aromatic rings. The first-order valence-electron chi connectivity index (χ1n) is 7.25. The van der Waals surface area contributed by atoms with E-state index in [0.29, 0.717) is 25.7 Å². The topological polar surface area (TPSA) is 45.7 Å². The zero-order chi connectivity index (χ0) is 16.4. The van der Waals surface area contributed by atoms with Crippen molar-refractivity contribution in [3.63, 3.8) is 0 Å². The van der Waals surface area contributed by atoms with Gasteiger partial charge in [-0.3, -0.25) is 0 Å². The Hall–Kier alpha value is -1.92. The molecule has 0 unspecified atom stereocenters. The van der Waals surface area contributed by atoms with E-state index in [1.807, 2.05) is 38.1 Å². The Morgan fingerprint density at radius 3 is 2.64 bits per heavy atom. The van der Waals surface area contributed by atoms with Crippen molar-refractivity contribution in [2.45, 2.75) is 33.0 Å². The van der Waals surface area contributed by atoms with Crippen LogP contribution >= 0.6 is 0 Å². The Morgan fingerprint density at radius 1 is 1.23 bits per heavy atom. The van der Waals surface area contributed by atoms with E-state index < -0.39 is 12.6 Å². The summed E-state index contributed by atoms with van der Waals surface area (Å²) in [5.41, 5.74) is 0.930. The van der Waals surface area contributed by atoms with E-state index in [4.69, 9.17) is 4.74 Å². The summed E-state index contributed by atoms with van der Waals surface area (Å²) in [5.74, 6) is 1.12. The van der Waals surface area contributed by atoms with Crippen LogP contribution < -0.4 is 15.4 Å². The van der Waals surface area contributed by atoms with E-state index in [0.717, 1.165) is 11.3 Å². The molecule has 0 atom stereocenters. The number of rotatable bonds is 7. The standard InChI is InChI=1S/C15H22F3N3O/c1-3-19-14(20-9-8-15(16,17)18)21-11-12-6-5-7-13(10-12)22-4-2/h5-7,10H,3-4,8-9,11H2,1-2H3,(H2,19,20,21). The molecule has 22 heavy (non-hydrogen) atoms. The third-order valence-electron chi connectivity index (χ3n) is 2.67. The summed E-state index contributed by atoms with van der Waals surface area (Å²) in [6.45, 7) is 5.08. The fraction of sp³-hybridized carbons (Fsp3) is 0.533. The molecular formula is C15H22F3N3O. The fourth-order valence-electron chi connectivity index (χ4n) is 1.74. The average Bonchev–Trinajstić information content (AvgIpc) is 2.44. The first-order valence-corrected chi connectivity index (χ1v) is 7.25. The average molecular weight is 317 g/mol. The molecule has 0 aromatic heterocycles. The molecule has 0 aliphatic carbocycles. The summed E-state index contributed by atoms with van der Waals surface area (Å²) in [5, 5.41) is 5.59. The van der Waals surface area contributed by atoms with Crippen LogP contribution in [0.25, 0.3) is 0 Å². The van der Waals surface area contributed by atoms with Gasteiger partial charge in [0.15, 0.2) is 5.96 Å². The second-order valence-corrected chi connectivity index (χ2v) is 4.57. The van der Waals surface area contributed by atoms with Gasteiger partial charge in [0.05, 0.1) is 19.6 Å². The van der Waals surface area contributed by atoms with Gasteiger partial charge in [0.25, 0.3) is 0 Å². The molecule has 0 amide bonds. The molecule has 2 N–H and O–H groups in total. The number of ether oxygens (including phenoxy) is 1. The van der Waals surface area contributed by atoms with Gasteiger partial charge in [0, 0.05) is 13.1 Å². The molecule has 4 nitrogen and oxygen atoms in total. The second kappa shape index (κ2) is 9.17. The largest absolute Gasteiger partial charge is 0.494 e. The number of nitrogens with one attached hydrogen (secondary N) is 2. The smallest absolute Gasteiger partial charge is 0.390 e. The molecule has 1 rings (SSSR count). The summed E-state index contributed by atoms with van der Waals surface area (Å²) in [6.07, 6.45) is -5.06. The van der Waals surface area contributed by atoms with Crippen molar-refractivity contribution in [3.05, 3.63) is 29.8 Å². The van der Waals surface area contributed by atoms with E-state index in [1.165, 1.54) is 0 Å². The summed E-state index contributed by atoms with van der Waals surface area (Å²) in [4.78, 5) is 4.28. The van der Waals surface area contributed by atoms with Crippen molar-refractivity contribution in [3.8, 4) is 5.75 Å². The van der Waals surface area contributed by atoms with Crippen LogP contribution in [0.15, 0.2) is 29.3 Å². The Morgan fingerprint density at radius 2 is 2.00 bits per heavy atom. The van der Waals surface area contributed by atoms with Crippen molar-refractivity contribution < 1.29 is 17.9 Å². The van der Waals surface area contributed by atoms with Crippen LogP contribution in [0.3, 0.4) is 0 Å². The summed E-state index contributed by atoms with van der Waals surface area (Å²) >= 11 is 0. The SMILES string of the molecule is CCNC(=NCc1cccc(OCC)c1)NCCC(F)(F)F.